The molecule has 0 bridgehead atoms. The van der Waals surface area contributed by atoms with Crippen molar-refractivity contribution in [2.75, 3.05) is 6.54 Å². The van der Waals surface area contributed by atoms with Gasteiger partial charge in [0.25, 0.3) is 12.1 Å². The van der Waals surface area contributed by atoms with Crippen LogP contribution in [0.25, 0.3) is 0 Å². The molecule has 7 nitrogen and oxygen atoms in total. The largest absolute Gasteiger partial charge is 0.445 e. The number of thiol groups is 1. The smallest absolute Gasteiger partial charge is 0.410 e. The van der Waals surface area contributed by atoms with Crippen molar-refractivity contribution in [2.24, 2.45) is 0 Å². The molecule has 1 amide bonds. The average Bonchev–Trinajstić information content (AvgIpc) is 2.94. The lowest BCUT2D eigenvalue weighted by molar-refractivity contribution is -0.384. The molecule has 0 spiro atoms. The van der Waals surface area contributed by atoms with Crippen LogP contribution in [0.5, 0.6) is 0 Å². The van der Waals surface area contributed by atoms with Crippen LogP contribution < -0.4 is 0 Å². The fourth-order valence-electron chi connectivity index (χ4n) is 2.49. The van der Waals surface area contributed by atoms with Crippen LogP contribution in [0.15, 0.2) is 24.3 Å². The minimum Gasteiger partial charge on any atom is -0.445 e. The van der Waals surface area contributed by atoms with E-state index in [9.17, 15) is 28.8 Å². The first-order chi connectivity index (χ1) is 11.3. The number of alkyl halides is 2. The van der Waals surface area contributed by atoms with Crippen LogP contribution in [0.1, 0.15) is 12.0 Å². The molecule has 0 aliphatic carbocycles. The van der Waals surface area contributed by atoms with Crippen LogP contribution in [0.4, 0.5) is 19.3 Å². The fraction of sp³-hybridized carbons (Fsp3) is 0.500. The summed E-state index contributed by atoms with van der Waals surface area (Å²) >= 11 is 3.81. The van der Waals surface area contributed by atoms with E-state index in [0.29, 0.717) is 5.56 Å². The van der Waals surface area contributed by atoms with Crippen LogP contribution in [0, 0.1) is 10.1 Å². The summed E-state index contributed by atoms with van der Waals surface area (Å²) in [5, 5.41) is 18.8. The number of aliphatic hydroxyl groups excluding tert-OH is 1. The van der Waals surface area contributed by atoms with E-state index in [1.54, 1.807) is 0 Å². The summed E-state index contributed by atoms with van der Waals surface area (Å²) in [4.78, 5) is 23.1. The zero-order valence-corrected chi connectivity index (χ0v) is 13.3. The predicted octanol–water partition coefficient (Wildman–Crippen LogP) is 2.23. The summed E-state index contributed by atoms with van der Waals surface area (Å²) in [7, 11) is 0. The van der Waals surface area contributed by atoms with E-state index < -0.39 is 34.8 Å². The Hall–Kier alpha value is -1.94. The van der Waals surface area contributed by atoms with Gasteiger partial charge in [-0.15, -0.1) is 0 Å². The number of likely N-dealkylation sites (tertiary alicyclic amines) is 1. The molecule has 10 heteroatoms. The molecule has 1 aliphatic heterocycles. The SMILES string of the molecule is O=C(OCc1ccc([N+](=O)[O-])cc1)N1C[C@H](O)C[C@H]1C(S)C(F)F. The molecule has 1 heterocycles. The first kappa shape index (κ1) is 18.4. The second-order valence-electron chi connectivity index (χ2n) is 5.41. The van der Waals surface area contributed by atoms with E-state index in [1.165, 1.54) is 24.3 Å². The molecule has 1 N–H and O–H groups in total. The number of nitrogens with zero attached hydrogens (tertiary/aromatic N) is 2. The molecule has 24 heavy (non-hydrogen) atoms. The van der Waals surface area contributed by atoms with Crippen LogP contribution in [0.3, 0.4) is 0 Å². The topological polar surface area (TPSA) is 92.9 Å². The van der Waals surface area contributed by atoms with Crippen molar-refractivity contribution in [2.45, 2.75) is 36.8 Å². The van der Waals surface area contributed by atoms with Crippen molar-refractivity contribution in [3.63, 3.8) is 0 Å². The maximum atomic E-state index is 12.8. The number of β-amino-alcohol motifs (C(OH)–C–C–N with tert-alkyl or cyclic N) is 1. The maximum absolute atomic E-state index is 12.8. The Labute approximate surface area is 141 Å². The zero-order valence-electron chi connectivity index (χ0n) is 12.4. The van der Waals surface area contributed by atoms with E-state index >= 15 is 0 Å². The van der Waals surface area contributed by atoms with Gasteiger partial charge in [0.2, 0.25) is 0 Å². The summed E-state index contributed by atoms with van der Waals surface area (Å²) in [6, 6.07) is 4.48. The van der Waals surface area contributed by atoms with Crippen LogP contribution in [-0.2, 0) is 11.3 Å². The molecule has 0 aromatic heterocycles. The van der Waals surface area contributed by atoms with Gasteiger partial charge in [-0.1, -0.05) is 0 Å². The van der Waals surface area contributed by atoms with Crippen molar-refractivity contribution in [3.8, 4) is 0 Å². The Balaban J connectivity index is 1.96. The van der Waals surface area contributed by atoms with Crippen LogP contribution in [-0.4, -0.2) is 51.4 Å². The molecular weight excluding hydrogens is 346 g/mol. The third-order valence-corrected chi connectivity index (χ3v) is 4.29. The van der Waals surface area contributed by atoms with Gasteiger partial charge >= 0.3 is 6.09 Å². The molecule has 1 aliphatic rings. The second-order valence-corrected chi connectivity index (χ2v) is 6.01. The number of halogens is 2. The zero-order chi connectivity index (χ0) is 17.9. The Morgan fingerprint density at radius 1 is 1.46 bits per heavy atom. The van der Waals surface area contributed by atoms with E-state index in [1.807, 2.05) is 0 Å². The van der Waals surface area contributed by atoms with Gasteiger partial charge in [-0.05, 0) is 24.1 Å². The van der Waals surface area contributed by atoms with Gasteiger partial charge in [0.05, 0.1) is 28.9 Å². The van der Waals surface area contributed by atoms with Crippen molar-refractivity contribution < 1.29 is 28.3 Å². The number of non-ortho nitro benzene ring substituents is 1. The highest BCUT2D eigenvalue weighted by molar-refractivity contribution is 7.81. The van der Waals surface area contributed by atoms with Crippen molar-refractivity contribution >= 4 is 24.4 Å². The molecular formula is C14H16F2N2O5S. The number of hydrogen-bond acceptors (Lipinski definition) is 6. The summed E-state index contributed by atoms with van der Waals surface area (Å²) in [6.07, 6.45) is -4.48. The van der Waals surface area contributed by atoms with Gasteiger partial charge in [0.1, 0.15) is 6.61 Å². The number of nitro groups is 1. The Morgan fingerprint density at radius 3 is 2.62 bits per heavy atom. The van der Waals surface area contributed by atoms with E-state index in [2.05, 4.69) is 12.6 Å². The number of ether oxygens (including phenoxy) is 1. The third kappa shape index (κ3) is 4.32. The van der Waals surface area contributed by atoms with Crippen LogP contribution in [0.2, 0.25) is 0 Å². The minimum absolute atomic E-state index is 0.00510. The molecule has 132 valence electrons. The third-order valence-electron chi connectivity index (χ3n) is 3.72. The molecule has 1 aromatic carbocycles. The van der Waals surface area contributed by atoms with Crippen molar-refractivity contribution in [1.82, 2.24) is 4.90 Å². The molecule has 1 fully saturated rings. The number of hydrogen-bond donors (Lipinski definition) is 2. The quantitative estimate of drug-likeness (QED) is 0.476. The maximum Gasteiger partial charge on any atom is 0.410 e. The summed E-state index contributed by atoms with van der Waals surface area (Å²) in [5.74, 6) is 0. The van der Waals surface area contributed by atoms with Gasteiger partial charge in [-0.25, -0.2) is 13.6 Å². The molecule has 0 saturated carbocycles. The molecule has 3 atom stereocenters. The van der Waals surface area contributed by atoms with Crippen molar-refractivity contribution in [1.29, 1.82) is 0 Å². The molecule has 1 saturated heterocycles. The van der Waals surface area contributed by atoms with Crippen molar-refractivity contribution in [3.05, 3.63) is 39.9 Å². The molecule has 2 rings (SSSR count). The standard InChI is InChI=1S/C14H16F2N2O5S/c15-13(16)12(24)11-5-10(19)6-17(11)14(20)23-7-8-1-3-9(4-2-8)18(21)22/h1-4,10-13,19,24H,5-7H2/t10-,11+,12?/m1/s1. The number of carbonyl (C=O) groups is 1. The Morgan fingerprint density at radius 2 is 2.08 bits per heavy atom. The average molecular weight is 362 g/mol. The van der Waals surface area contributed by atoms with Crippen LogP contribution >= 0.6 is 12.6 Å². The number of amides is 1. The first-order valence-electron chi connectivity index (χ1n) is 7.10. The lowest BCUT2D eigenvalue weighted by atomic mass is 10.1. The first-order valence-corrected chi connectivity index (χ1v) is 7.62. The number of aliphatic hydroxyl groups is 1. The van der Waals surface area contributed by atoms with E-state index in [4.69, 9.17) is 4.74 Å². The highest BCUT2D eigenvalue weighted by atomic mass is 32.1. The monoisotopic (exact) mass is 362 g/mol. The normalized spacial score (nSPS) is 21.8. The molecule has 1 aromatic rings. The summed E-state index contributed by atoms with van der Waals surface area (Å²) < 4.78 is 30.7. The number of nitro benzene ring substituents is 1. The highest BCUT2D eigenvalue weighted by Crippen LogP contribution is 2.28. The lowest BCUT2D eigenvalue weighted by Gasteiger charge is -2.27. The van der Waals surface area contributed by atoms with Gasteiger partial charge < -0.3 is 14.7 Å². The summed E-state index contributed by atoms with van der Waals surface area (Å²) in [6.45, 7) is -0.268. The Bertz CT molecular complexity index is 601. The second kappa shape index (κ2) is 7.75. The highest BCUT2D eigenvalue weighted by Gasteiger charge is 2.41. The van der Waals surface area contributed by atoms with E-state index in [-0.39, 0.29) is 25.3 Å². The Kier molecular flexibility index (Phi) is 5.94. The van der Waals surface area contributed by atoms with Gasteiger partial charge in [0.15, 0.2) is 0 Å². The molecule has 1 unspecified atom stereocenters. The van der Waals surface area contributed by atoms with E-state index in [0.717, 1.165) is 4.90 Å². The number of rotatable bonds is 5. The number of benzene rings is 1. The van der Waals surface area contributed by atoms with Gasteiger partial charge in [-0.3, -0.25) is 10.1 Å². The lowest BCUT2D eigenvalue weighted by Crippen LogP contribution is -2.43. The van der Waals surface area contributed by atoms with Gasteiger partial charge in [-0.2, -0.15) is 12.6 Å². The molecule has 0 radical (unpaired) electrons. The van der Waals surface area contributed by atoms with Gasteiger partial charge in [0, 0.05) is 12.1 Å². The summed E-state index contributed by atoms with van der Waals surface area (Å²) in [5.41, 5.74) is 0.421. The number of carbonyl (C=O) groups excluding carboxylic acids is 1. The minimum atomic E-state index is -2.74. The fourth-order valence-corrected chi connectivity index (χ4v) is 2.77. The predicted molar refractivity (Wildman–Crippen MR) is 83.2 cm³/mol.